The lowest BCUT2D eigenvalue weighted by molar-refractivity contribution is -0.121. The molecule has 0 spiro atoms. The van der Waals surface area contributed by atoms with Crippen LogP contribution in [-0.4, -0.2) is 50.7 Å². The molecule has 0 bridgehead atoms. The lowest BCUT2D eigenvalue weighted by atomic mass is 9.96. The molecule has 1 amide bonds. The highest BCUT2D eigenvalue weighted by Crippen LogP contribution is 2.16. The Kier molecular flexibility index (Phi) is 7.40. The molecule has 0 aromatic heterocycles. The van der Waals surface area contributed by atoms with Gasteiger partial charge >= 0.3 is 0 Å². The Bertz CT molecular complexity index is 428. The Labute approximate surface area is 133 Å². The molecule has 1 aliphatic rings. The van der Waals surface area contributed by atoms with Gasteiger partial charge in [-0.15, -0.1) is 0 Å². The molecule has 0 aliphatic carbocycles. The number of benzene rings is 1. The standard InChI is InChI=1S/C18H28N2O2/c1-22-14-13-20-11-9-17(10-12-20)15-19-18(21)8-7-16-5-3-2-4-6-16/h2-6,17H,7-15H2,1H3,(H,19,21). The maximum absolute atomic E-state index is 11.9. The van der Waals surface area contributed by atoms with Crippen LogP contribution in [0.25, 0.3) is 0 Å². The molecular formula is C18H28N2O2. The molecule has 1 aromatic rings. The summed E-state index contributed by atoms with van der Waals surface area (Å²) in [4.78, 5) is 14.4. The second-order valence-electron chi connectivity index (χ2n) is 6.07. The Morgan fingerprint density at radius 2 is 2.00 bits per heavy atom. The van der Waals surface area contributed by atoms with E-state index in [1.54, 1.807) is 7.11 Å². The van der Waals surface area contributed by atoms with Crippen molar-refractivity contribution in [2.75, 3.05) is 39.9 Å². The molecule has 0 saturated carbocycles. The molecule has 0 unspecified atom stereocenters. The second-order valence-corrected chi connectivity index (χ2v) is 6.07. The summed E-state index contributed by atoms with van der Waals surface area (Å²) in [5.41, 5.74) is 1.23. The van der Waals surface area contributed by atoms with E-state index >= 15 is 0 Å². The first-order valence-corrected chi connectivity index (χ1v) is 8.30. The molecule has 1 fully saturated rings. The van der Waals surface area contributed by atoms with E-state index in [1.165, 1.54) is 18.4 Å². The minimum absolute atomic E-state index is 0.172. The maximum Gasteiger partial charge on any atom is 0.220 e. The van der Waals surface area contributed by atoms with Crippen molar-refractivity contribution in [2.45, 2.75) is 25.7 Å². The van der Waals surface area contributed by atoms with Gasteiger partial charge in [0.25, 0.3) is 0 Å². The number of nitrogens with zero attached hydrogens (tertiary/aromatic N) is 1. The Balaban J connectivity index is 1.57. The zero-order valence-electron chi connectivity index (χ0n) is 13.6. The molecule has 122 valence electrons. The SMILES string of the molecule is COCCN1CCC(CNC(=O)CCc2ccccc2)CC1. The first kappa shape index (κ1) is 17.0. The van der Waals surface area contributed by atoms with Crippen LogP contribution >= 0.6 is 0 Å². The van der Waals surface area contributed by atoms with Gasteiger partial charge in [0.1, 0.15) is 0 Å². The zero-order chi connectivity index (χ0) is 15.6. The number of carbonyl (C=O) groups is 1. The van der Waals surface area contributed by atoms with Crippen LogP contribution in [-0.2, 0) is 16.0 Å². The van der Waals surface area contributed by atoms with E-state index in [0.717, 1.165) is 39.2 Å². The van der Waals surface area contributed by atoms with Crippen molar-refractivity contribution in [3.8, 4) is 0 Å². The highest BCUT2D eigenvalue weighted by atomic mass is 16.5. The summed E-state index contributed by atoms with van der Waals surface area (Å²) >= 11 is 0. The van der Waals surface area contributed by atoms with Gasteiger partial charge in [-0.1, -0.05) is 30.3 Å². The van der Waals surface area contributed by atoms with Gasteiger partial charge in [-0.25, -0.2) is 0 Å². The Morgan fingerprint density at radius 3 is 2.68 bits per heavy atom. The van der Waals surface area contributed by atoms with Crippen LogP contribution in [0.4, 0.5) is 0 Å². The lowest BCUT2D eigenvalue weighted by Crippen LogP contribution is -2.39. The maximum atomic E-state index is 11.9. The van der Waals surface area contributed by atoms with E-state index in [1.807, 2.05) is 18.2 Å². The van der Waals surface area contributed by atoms with E-state index < -0.39 is 0 Å². The van der Waals surface area contributed by atoms with E-state index in [0.29, 0.717) is 12.3 Å². The van der Waals surface area contributed by atoms with Crippen LogP contribution in [0.2, 0.25) is 0 Å². The van der Waals surface area contributed by atoms with Crippen molar-refractivity contribution >= 4 is 5.91 Å². The summed E-state index contributed by atoms with van der Waals surface area (Å²) in [7, 11) is 1.75. The monoisotopic (exact) mass is 304 g/mol. The molecule has 1 saturated heterocycles. The molecule has 0 atom stereocenters. The molecule has 1 heterocycles. The smallest absolute Gasteiger partial charge is 0.220 e. The normalized spacial score (nSPS) is 16.6. The topological polar surface area (TPSA) is 41.6 Å². The van der Waals surface area contributed by atoms with Gasteiger partial charge in [0, 0.05) is 26.6 Å². The zero-order valence-corrected chi connectivity index (χ0v) is 13.6. The Morgan fingerprint density at radius 1 is 1.27 bits per heavy atom. The molecule has 1 aromatic carbocycles. The number of methoxy groups -OCH3 is 1. The number of carbonyl (C=O) groups excluding carboxylic acids is 1. The van der Waals surface area contributed by atoms with Crippen molar-refractivity contribution in [1.82, 2.24) is 10.2 Å². The number of hydrogen-bond acceptors (Lipinski definition) is 3. The van der Waals surface area contributed by atoms with Gasteiger partial charge in [-0.05, 0) is 43.8 Å². The molecule has 22 heavy (non-hydrogen) atoms. The van der Waals surface area contributed by atoms with Crippen LogP contribution in [0.1, 0.15) is 24.8 Å². The number of amides is 1. The summed E-state index contributed by atoms with van der Waals surface area (Å²) < 4.78 is 5.12. The lowest BCUT2D eigenvalue weighted by Gasteiger charge is -2.31. The van der Waals surface area contributed by atoms with Gasteiger partial charge in [-0.2, -0.15) is 0 Å². The molecule has 2 rings (SSSR count). The average molecular weight is 304 g/mol. The van der Waals surface area contributed by atoms with Crippen LogP contribution in [0.3, 0.4) is 0 Å². The minimum atomic E-state index is 0.172. The summed E-state index contributed by atoms with van der Waals surface area (Å²) in [5, 5.41) is 3.10. The second kappa shape index (κ2) is 9.59. The quantitative estimate of drug-likeness (QED) is 0.799. The van der Waals surface area contributed by atoms with Gasteiger partial charge in [-0.3, -0.25) is 4.79 Å². The molecule has 4 heteroatoms. The summed E-state index contributed by atoms with van der Waals surface area (Å²) in [6.07, 6.45) is 3.74. The van der Waals surface area contributed by atoms with E-state index in [2.05, 4.69) is 22.3 Å². The van der Waals surface area contributed by atoms with Crippen LogP contribution in [0, 0.1) is 5.92 Å². The van der Waals surface area contributed by atoms with Crippen LogP contribution in [0.5, 0.6) is 0 Å². The first-order valence-electron chi connectivity index (χ1n) is 8.30. The number of hydrogen-bond donors (Lipinski definition) is 1. The predicted octanol–water partition coefficient (Wildman–Crippen LogP) is 2.09. The third-order valence-corrected chi connectivity index (χ3v) is 4.39. The molecule has 0 radical (unpaired) electrons. The fraction of sp³-hybridized carbons (Fsp3) is 0.611. The highest BCUT2D eigenvalue weighted by molar-refractivity contribution is 5.76. The predicted molar refractivity (Wildman–Crippen MR) is 88.8 cm³/mol. The number of rotatable bonds is 8. The van der Waals surface area contributed by atoms with Crippen molar-refractivity contribution in [3.05, 3.63) is 35.9 Å². The van der Waals surface area contributed by atoms with Gasteiger partial charge in [0.15, 0.2) is 0 Å². The Hall–Kier alpha value is -1.39. The number of ether oxygens (including phenoxy) is 1. The first-order chi connectivity index (χ1) is 10.8. The van der Waals surface area contributed by atoms with E-state index in [4.69, 9.17) is 4.74 Å². The summed E-state index contributed by atoms with van der Waals surface area (Å²) in [6.45, 7) is 4.89. The number of likely N-dealkylation sites (tertiary alicyclic amines) is 1. The molecular weight excluding hydrogens is 276 g/mol. The fourth-order valence-corrected chi connectivity index (χ4v) is 2.88. The van der Waals surface area contributed by atoms with Crippen molar-refractivity contribution in [1.29, 1.82) is 0 Å². The molecule has 1 N–H and O–H groups in total. The van der Waals surface area contributed by atoms with Crippen molar-refractivity contribution in [3.63, 3.8) is 0 Å². The van der Waals surface area contributed by atoms with Crippen molar-refractivity contribution < 1.29 is 9.53 Å². The third-order valence-electron chi connectivity index (χ3n) is 4.39. The van der Waals surface area contributed by atoms with Gasteiger partial charge < -0.3 is 15.0 Å². The fourth-order valence-electron chi connectivity index (χ4n) is 2.88. The third kappa shape index (κ3) is 6.16. The highest BCUT2D eigenvalue weighted by Gasteiger charge is 2.19. The van der Waals surface area contributed by atoms with E-state index in [-0.39, 0.29) is 5.91 Å². The number of nitrogens with one attached hydrogen (secondary N) is 1. The molecule has 1 aliphatic heterocycles. The van der Waals surface area contributed by atoms with Gasteiger partial charge in [0.05, 0.1) is 6.61 Å². The number of aryl methyl sites for hydroxylation is 1. The largest absolute Gasteiger partial charge is 0.383 e. The van der Waals surface area contributed by atoms with E-state index in [9.17, 15) is 4.79 Å². The minimum Gasteiger partial charge on any atom is -0.383 e. The summed E-state index contributed by atoms with van der Waals surface area (Å²) in [6, 6.07) is 10.2. The summed E-state index contributed by atoms with van der Waals surface area (Å²) in [5.74, 6) is 0.796. The van der Waals surface area contributed by atoms with Gasteiger partial charge in [0.2, 0.25) is 5.91 Å². The molecule has 4 nitrogen and oxygen atoms in total. The number of piperidine rings is 1. The van der Waals surface area contributed by atoms with Crippen LogP contribution < -0.4 is 5.32 Å². The van der Waals surface area contributed by atoms with Crippen molar-refractivity contribution in [2.24, 2.45) is 5.92 Å². The van der Waals surface area contributed by atoms with Crippen LogP contribution in [0.15, 0.2) is 30.3 Å². The average Bonchev–Trinajstić information content (AvgIpc) is 2.58.